The first-order chi connectivity index (χ1) is 9.38. The predicted octanol–water partition coefficient (Wildman–Crippen LogP) is 3.55. The lowest BCUT2D eigenvalue weighted by Gasteiger charge is -2.34. The van der Waals surface area contributed by atoms with Crippen molar-refractivity contribution < 1.29 is 9.05 Å². The van der Waals surface area contributed by atoms with E-state index in [2.05, 4.69) is 22.3 Å². The second-order valence-electron chi connectivity index (χ2n) is 7.27. The summed E-state index contributed by atoms with van der Waals surface area (Å²) in [6.07, 6.45) is 1.87. The third-order valence-electron chi connectivity index (χ3n) is 2.34. The normalized spacial score (nSPS) is 13.6. The van der Waals surface area contributed by atoms with E-state index in [4.69, 9.17) is 9.05 Å². The largest absolute Gasteiger partial charge is 0.321 e. The summed E-state index contributed by atoms with van der Waals surface area (Å²) in [4.78, 5) is 0. The van der Waals surface area contributed by atoms with Crippen molar-refractivity contribution in [1.82, 2.24) is 15.0 Å². The Balaban J connectivity index is 3.39. The lowest BCUT2D eigenvalue weighted by Crippen LogP contribution is -2.29. The Morgan fingerprint density at radius 3 is 1.90 bits per heavy atom. The van der Waals surface area contributed by atoms with Crippen LogP contribution in [0, 0.1) is 0 Å². The van der Waals surface area contributed by atoms with Crippen molar-refractivity contribution in [3.8, 4) is 0 Å². The SMILES string of the molecule is C=C=P(OC(C)(C)C)(OC(C)(C)C)c1cn(C(C)C)nn1. The van der Waals surface area contributed by atoms with Gasteiger partial charge in [0, 0.05) is 6.04 Å². The maximum atomic E-state index is 6.23. The molecular formula is C15H28N3O2P. The van der Waals surface area contributed by atoms with Gasteiger partial charge in [0.1, 0.15) is 0 Å². The Labute approximate surface area is 128 Å². The molecule has 6 heteroatoms. The van der Waals surface area contributed by atoms with Crippen LogP contribution in [0.15, 0.2) is 12.8 Å². The van der Waals surface area contributed by atoms with Crippen molar-refractivity contribution in [3.05, 3.63) is 12.8 Å². The summed E-state index contributed by atoms with van der Waals surface area (Å²) >= 11 is 0. The van der Waals surface area contributed by atoms with Gasteiger partial charge in [0.15, 0.2) is 5.44 Å². The second-order valence-corrected chi connectivity index (χ2v) is 9.51. The first-order valence-electron chi connectivity index (χ1n) is 7.16. The highest BCUT2D eigenvalue weighted by Crippen LogP contribution is 2.52. The molecule has 1 rings (SSSR count). The van der Waals surface area contributed by atoms with Gasteiger partial charge in [-0.1, -0.05) is 17.2 Å². The molecule has 0 unspecified atom stereocenters. The van der Waals surface area contributed by atoms with E-state index in [1.807, 2.05) is 61.6 Å². The van der Waals surface area contributed by atoms with Crippen LogP contribution in [-0.4, -0.2) is 31.6 Å². The molecule has 0 saturated carbocycles. The highest BCUT2D eigenvalue weighted by Gasteiger charge is 2.35. The van der Waals surface area contributed by atoms with Gasteiger partial charge in [-0.05, 0) is 55.4 Å². The minimum Gasteiger partial charge on any atom is -0.321 e. The Hall–Kier alpha value is -0.860. The van der Waals surface area contributed by atoms with E-state index >= 15 is 0 Å². The zero-order valence-electron chi connectivity index (χ0n) is 14.5. The molecule has 0 bridgehead atoms. The molecule has 0 saturated heterocycles. The monoisotopic (exact) mass is 313 g/mol. The molecule has 1 aromatic rings. The molecule has 0 atom stereocenters. The van der Waals surface area contributed by atoms with Gasteiger partial charge in [-0.2, -0.15) is 0 Å². The molecule has 1 heterocycles. The van der Waals surface area contributed by atoms with Crippen LogP contribution in [0.1, 0.15) is 61.4 Å². The van der Waals surface area contributed by atoms with Gasteiger partial charge in [-0.3, -0.25) is 0 Å². The highest BCUT2D eigenvalue weighted by atomic mass is 31.2. The summed E-state index contributed by atoms with van der Waals surface area (Å²) in [6.45, 7) is 19.8. The fourth-order valence-electron chi connectivity index (χ4n) is 1.68. The van der Waals surface area contributed by atoms with E-state index in [0.717, 1.165) is 0 Å². The molecule has 5 nitrogen and oxygen atoms in total. The van der Waals surface area contributed by atoms with E-state index in [1.165, 1.54) is 0 Å². The molecule has 0 radical (unpaired) electrons. The predicted molar refractivity (Wildman–Crippen MR) is 89.3 cm³/mol. The second kappa shape index (κ2) is 6.10. The van der Waals surface area contributed by atoms with Gasteiger partial charge >= 0.3 is 0 Å². The minimum absolute atomic E-state index is 0.224. The Bertz CT molecular complexity index is 538. The summed E-state index contributed by atoms with van der Waals surface area (Å²) in [5.41, 5.74) is 2.87. The molecule has 120 valence electrons. The van der Waals surface area contributed by atoms with Crippen molar-refractivity contribution in [2.75, 3.05) is 0 Å². The Kier molecular flexibility index (Phi) is 5.28. The van der Waals surface area contributed by atoms with Gasteiger partial charge in [0.2, 0.25) is 7.34 Å². The first-order valence-corrected chi connectivity index (χ1v) is 8.78. The molecule has 0 aliphatic rings. The summed E-state index contributed by atoms with van der Waals surface area (Å²) in [7, 11) is -2.65. The lowest BCUT2D eigenvalue weighted by molar-refractivity contribution is 0.0747. The van der Waals surface area contributed by atoms with Crippen LogP contribution in [0.2, 0.25) is 0 Å². The Morgan fingerprint density at radius 1 is 1.14 bits per heavy atom. The van der Waals surface area contributed by atoms with Crippen LogP contribution in [0.3, 0.4) is 0 Å². The summed E-state index contributed by atoms with van der Waals surface area (Å²) < 4.78 is 14.2. The molecular weight excluding hydrogens is 285 g/mol. The molecule has 0 spiro atoms. The molecule has 0 aromatic carbocycles. The zero-order valence-corrected chi connectivity index (χ0v) is 15.4. The molecule has 1 aromatic heterocycles. The minimum atomic E-state index is -2.65. The topological polar surface area (TPSA) is 49.2 Å². The lowest BCUT2D eigenvalue weighted by atomic mass is 10.2. The van der Waals surface area contributed by atoms with Crippen molar-refractivity contribution in [2.24, 2.45) is 0 Å². The molecule has 0 aliphatic carbocycles. The van der Waals surface area contributed by atoms with E-state index in [9.17, 15) is 0 Å². The van der Waals surface area contributed by atoms with Gasteiger partial charge < -0.3 is 9.05 Å². The summed E-state index contributed by atoms with van der Waals surface area (Å²) in [5.74, 6) is 0. The van der Waals surface area contributed by atoms with Crippen molar-refractivity contribution in [2.45, 2.75) is 72.6 Å². The highest BCUT2D eigenvalue weighted by molar-refractivity contribution is 7.72. The smallest absolute Gasteiger partial charge is 0.220 e. The van der Waals surface area contributed by atoms with Crippen molar-refractivity contribution in [3.63, 3.8) is 0 Å². The molecule has 0 aliphatic heterocycles. The van der Waals surface area contributed by atoms with Crippen LogP contribution in [0.25, 0.3) is 0 Å². The molecule has 21 heavy (non-hydrogen) atoms. The van der Waals surface area contributed by atoms with Crippen LogP contribution in [0.4, 0.5) is 0 Å². The maximum Gasteiger partial charge on any atom is 0.220 e. The van der Waals surface area contributed by atoms with Gasteiger partial charge in [0.05, 0.1) is 17.4 Å². The first kappa shape index (κ1) is 18.2. The van der Waals surface area contributed by atoms with Crippen molar-refractivity contribution in [1.29, 1.82) is 0 Å². The van der Waals surface area contributed by atoms with Crippen molar-refractivity contribution >= 4 is 18.2 Å². The average Bonchev–Trinajstić information content (AvgIpc) is 2.73. The quantitative estimate of drug-likeness (QED) is 0.798. The van der Waals surface area contributed by atoms with E-state index < -0.39 is 18.5 Å². The number of aromatic nitrogens is 3. The number of nitrogens with zero attached hydrogens (tertiary/aromatic N) is 3. The molecule has 0 N–H and O–H groups in total. The van der Waals surface area contributed by atoms with Crippen LogP contribution < -0.4 is 5.44 Å². The molecule has 0 fully saturated rings. The molecule has 0 amide bonds. The summed E-state index contributed by atoms with van der Waals surface area (Å²) in [5, 5.41) is 8.42. The number of hydrogen-bond donors (Lipinski definition) is 0. The van der Waals surface area contributed by atoms with Gasteiger partial charge in [-0.25, -0.2) is 4.68 Å². The van der Waals surface area contributed by atoms with Crippen LogP contribution >= 0.6 is 7.34 Å². The summed E-state index contributed by atoms with van der Waals surface area (Å²) in [6, 6.07) is 0.224. The number of hydrogen-bond acceptors (Lipinski definition) is 4. The Morgan fingerprint density at radius 2 is 1.62 bits per heavy atom. The fraction of sp³-hybridized carbons (Fsp3) is 0.733. The van der Waals surface area contributed by atoms with Gasteiger partial charge in [0.25, 0.3) is 0 Å². The fourth-order valence-corrected chi connectivity index (χ4v) is 4.17. The van der Waals surface area contributed by atoms with Gasteiger partial charge in [-0.15, -0.1) is 5.10 Å². The third-order valence-corrected chi connectivity index (χ3v) is 5.18. The standard InChI is InChI=1S/C15H28N3O2P/c1-10-21(19-14(4,5)6,20-15(7,8)9)13-11-18(12(2)3)17-16-13/h11-12H,1H2,2-9H3. The maximum absolute atomic E-state index is 6.23. The third kappa shape index (κ3) is 5.12. The number of rotatable bonds is 4. The van der Waals surface area contributed by atoms with E-state index in [0.29, 0.717) is 5.44 Å². The van der Waals surface area contributed by atoms with E-state index in [1.54, 1.807) is 4.68 Å². The van der Waals surface area contributed by atoms with E-state index in [-0.39, 0.29) is 6.04 Å². The zero-order chi connectivity index (χ0) is 16.5. The average molecular weight is 313 g/mol. The van der Waals surface area contributed by atoms with Crippen LogP contribution in [0.5, 0.6) is 0 Å². The van der Waals surface area contributed by atoms with Crippen LogP contribution in [-0.2, 0) is 9.05 Å².